The second-order valence-corrected chi connectivity index (χ2v) is 6.77. The van der Waals surface area contributed by atoms with Gasteiger partial charge in [-0.25, -0.2) is 13.4 Å². The Kier molecular flexibility index (Phi) is 4.77. The molecule has 1 heterocycles. The summed E-state index contributed by atoms with van der Waals surface area (Å²) in [5, 5.41) is 0. The molecule has 0 saturated heterocycles. The van der Waals surface area contributed by atoms with Crippen molar-refractivity contribution in [1.29, 1.82) is 0 Å². The third-order valence-corrected chi connectivity index (χ3v) is 5.42. The molecule has 0 aliphatic heterocycles. The normalized spacial score (nSPS) is 11.8. The number of nitrogens with zero attached hydrogens (tertiary/aromatic N) is 2. The Morgan fingerprint density at radius 1 is 1.14 bits per heavy atom. The molecule has 0 aliphatic rings. The average Bonchev–Trinajstić information content (AvgIpc) is 2.47. The molecular formula is C15H19N3O3S. The Hall–Kier alpha value is -1.99. The summed E-state index contributed by atoms with van der Waals surface area (Å²) in [7, 11) is -3.47. The molecule has 7 heteroatoms. The van der Waals surface area contributed by atoms with E-state index in [0.29, 0.717) is 30.2 Å². The highest BCUT2D eigenvalue weighted by Crippen LogP contribution is 2.21. The van der Waals surface area contributed by atoms with Crippen LogP contribution in [0.5, 0.6) is 0 Å². The molecule has 1 aromatic carbocycles. The zero-order chi connectivity index (χ0) is 16.3. The molecule has 0 unspecified atom stereocenters. The van der Waals surface area contributed by atoms with Gasteiger partial charge in [0.25, 0.3) is 5.56 Å². The van der Waals surface area contributed by atoms with E-state index in [4.69, 9.17) is 0 Å². The minimum Gasteiger partial charge on any atom is -0.311 e. The van der Waals surface area contributed by atoms with Gasteiger partial charge < -0.3 is 4.98 Å². The van der Waals surface area contributed by atoms with Crippen molar-refractivity contribution in [2.24, 2.45) is 0 Å². The predicted molar refractivity (Wildman–Crippen MR) is 85.1 cm³/mol. The van der Waals surface area contributed by atoms with Crippen LogP contribution in [0, 0.1) is 6.92 Å². The lowest BCUT2D eigenvalue weighted by Gasteiger charge is -2.18. The standard InChI is InChI=1S/C15H19N3O3S/c1-4-18(5-2)22(20,21)13-8-6-12(7-9-13)14-10-15(19)17-11(3)16-14/h6-10H,4-5H2,1-3H3,(H,16,17,19). The molecule has 6 nitrogen and oxygen atoms in total. The molecule has 0 fully saturated rings. The monoisotopic (exact) mass is 321 g/mol. The molecular weight excluding hydrogens is 302 g/mol. The molecule has 0 radical (unpaired) electrons. The second-order valence-electron chi connectivity index (χ2n) is 4.83. The summed E-state index contributed by atoms with van der Waals surface area (Å²) in [5.74, 6) is 0.516. The van der Waals surface area contributed by atoms with Crippen LogP contribution in [0.4, 0.5) is 0 Å². The summed E-state index contributed by atoms with van der Waals surface area (Å²) >= 11 is 0. The van der Waals surface area contributed by atoms with Crippen molar-refractivity contribution in [3.05, 3.63) is 46.5 Å². The first-order valence-corrected chi connectivity index (χ1v) is 8.51. The van der Waals surface area contributed by atoms with Crippen molar-refractivity contribution in [2.45, 2.75) is 25.7 Å². The summed E-state index contributed by atoms with van der Waals surface area (Å²) in [6.07, 6.45) is 0. The largest absolute Gasteiger partial charge is 0.311 e. The van der Waals surface area contributed by atoms with Gasteiger partial charge in [-0.15, -0.1) is 0 Å². The van der Waals surface area contributed by atoms with Crippen molar-refractivity contribution in [3.63, 3.8) is 0 Å². The molecule has 2 aromatic rings. The number of sulfonamides is 1. The molecule has 118 valence electrons. The number of aryl methyl sites for hydroxylation is 1. The maximum absolute atomic E-state index is 12.4. The first-order valence-electron chi connectivity index (χ1n) is 7.07. The molecule has 0 spiro atoms. The predicted octanol–water partition coefficient (Wildman–Crippen LogP) is 1.78. The molecule has 2 rings (SSSR count). The maximum atomic E-state index is 12.4. The van der Waals surface area contributed by atoms with E-state index < -0.39 is 10.0 Å². The second kappa shape index (κ2) is 6.41. The third kappa shape index (κ3) is 3.26. The van der Waals surface area contributed by atoms with Crippen LogP contribution in [0.1, 0.15) is 19.7 Å². The zero-order valence-corrected chi connectivity index (χ0v) is 13.6. The van der Waals surface area contributed by atoms with Gasteiger partial charge in [0, 0.05) is 24.7 Å². The van der Waals surface area contributed by atoms with Crippen LogP contribution in [0.2, 0.25) is 0 Å². The van der Waals surface area contributed by atoms with E-state index in [9.17, 15) is 13.2 Å². The lowest BCUT2D eigenvalue weighted by molar-refractivity contribution is 0.445. The molecule has 0 aliphatic carbocycles. The average molecular weight is 321 g/mol. The maximum Gasteiger partial charge on any atom is 0.251 e. The molecule has 0 bridgehead atoms. The lowest BCUT2D eigenvalue weighted by Crippen LogP contribution is -2.30. The van der Waals surface area contributed by atoms with Crippen LogP contribution >= 0.6 is 0 Å². The number of aromatic amines is 1. The Balaban J connectivity index is 2.41. The van der Waals surface area contributed by atoms with Crippen LogP contribution in [0.25, 0.3) is 11.3 Å². The van der Waals surface area contributed by atoms with Gasteiger partial charge in [0.05, 0.1) is 10.6 Å². The van der Waals surface area contributed by atoms with E-state index >= 15 is 0 Å². The fourth-order valence-corrected chi connectivity index (χ4v) is 3.70. The van der Waals surface area contributed by atoms with Gasteiger partial charge in [-0.3, -0.25) is 4.79 Å². The van der Waals surface area contributed by atoms with Gasteiger partial charge >= 0.3 is 0 Å². The molecule has 0 saturated carbocycles. The Morgan fingerprint density at radius 3 is 2.23 bits per heavy atom. The Morgan fingerprint density at radius 2 is 1.73 bits per heavy atom. The summed E-state index contributed by atoms with van der Waals surface area (Å²) < 4.78 is 26.2. The minimum atomic E-state index is -3.47. The van der Waals surface area contributed by atoms with Crippen molar-refractivity contribution in [2.75, 3.05) is 13.1 Å². The van der Waals surface area contributed by atoms with Gasteiger partial charge in [0.2, 0.25) is 10.0 Å². The van der Waals surface area contributed by atoms with Gasteiger partial charge in [-0.1, -0.05) is 26.0 Å². The summed E-state index contributed by atoms with van der Waals surface area (Å²) in [5.41, 5.74) is 0.989. The van der Waals surface area contributed by atoms with Crippen LogP contribution in [0.15, 0.2) is 40.0 Å². The first-order chi connectivity index (χ1) is 10.4. The van der Waals surface area contributed by atoms with Gasteiger partial charge in [-0.2, -0.15) is 4.31 Å². The minimum absolute atomic E-state index is 0.234. The van der Waals surface area contributed by atoms with E-state index in [1.807, 2.05) is 0 Å². The van der Waals surface area contributed by atoms with E-state index in [1.54, 1.807) is 45.0 Å². The molecule has 1 aromatic heterocycles. The topological polar surface area (TPSA) is 83.1 Å². The number of hydrogen-bond donors (Lipinski definition) is 1. The van der Waals surface area contributed by atoms with Gasteiger partial charge in [-0.05, 0) is 19.1 Å². The summed E-state index contributed by atoms with van der Waals surface area (Å²) in [4.78, 5) is 18.5. The number of rotatable bonds is 5. The number of benzene rings is 1. The zero-order valence-electron chi connectivity index (χ0n) is 12.8. The van der Waals surface area contributed by atoms with Crippen LogP contribution in [0.3, 0.4) is 0 Å². The number of nitrogens with one attached hydrogen (secondary N) is 1. The Labute approximate surface area is 129 Å². The highest BCUT2D eigenvalue weighted by atomic mass is 32.2. The number of H-pyrrole nitrogens is 1. The fourth-order valence-electron chi connectivity index (χ4n) is 2.24. The SMILES string of the molecule is CCN(CC)S(=O)(=O)c1ccc(-c2cc(=O)[nH]c(C)n2)cc1. The van der Waals surface area contributed by atoms with Crippen LogP contribution < -0.4 is 5.56 Å². The highest BCUT2D eigenvalue weighted by Gasteiger charge is 2.21. The first kappa shape index (κ1) is 16.4. The van der Waals surface area contributed by atoms with E-state index in [2.05, 4.69) is 9.97 Å². The van der Waals surface area contributed by atoms with Gasteiger partial charge in [0.15, 0.2) is 0 Å². The lowest BCUT2D eigenvalue weighted by atomic mass is 10.1. The smallest absolute Gasteiger partial charge is 0.251 e. The molecule has 1 N–H and O–H groups in total. The molecule has 0 atom stereocenters. The van der Waals surface area contributed by atoms with Crippen molar-refractivity contribution >= 4 is 10.0 Å². The van der Waals surface area contributed by atoms with Crippen molar-refractivity contribution in [3.8, 4) is 11.3 Å². The summed E-state index contributed by atoms with van der Waals surface area (Å²) in [6, 6.07) is 7.80. The molecule has 0 amide bonds. The van der Waals surface area contributed by atoms with Crippen LogP contribution in [-0.2, 0) is 10.0 Å². The number of hydrogen-bond acceptors (Lipinski definition) is 4. The van der Waals surface area contributed by atoms with E-state index in [1.165, 1.54) is 10.4 Å². The van der Waals surface area contributed by atoms with Crippen LogP contribution in [-0.4, -0.2) is 35.8 Å². The quantitative estimate of drug-likeness (QED) is 0.910. The van der Waals surface area contributed by atoms with Gasteiger partial charge in [0.1, 0.15) is 5.82 Å². The highest BCUT2D eigenvalue weighted by molar-refractivity contribution is 7.89. The van der Waals surface area contributed by atoms with E-state index in [-0.39, 0.29) is 10.5 Å². The fraction of sp³-hybridized carbons (Fsp3) is 0.333. The molecule has 22 heavy (non-hydrogen) atoms. The number of aromatic nitrogens is 2. The van der Waals surface area contributed by atoms with Crippen molar-refractivity contribution in [1.82, 2.24) is 14.3 Å². The van der Waals surface area contributed by atoms with Crippen molar-refractivity contribution < 1.29 is 8.42 Å². The van der Waals surface area contributed by atoms with E-state index in [0.717, 1.165) is 0 Å². The Bertz CT molecular complexity index is 807. The third-order valence-electron chi connectivity index (χ3n) is 3.35. The summed E-state index contributed by atoms with van der Waals surface area (Å²) in [6.45, 7) is 6.16.